The van der Waals surface area contributed by atoms with Crippen molar-refractivity contribution in [1.29, 1.82) is 0 Å². The molecule has 0 saturated carbocycles. The lowest BCUT2D eigenvalue weighted by Crippen LogP contribution is -2.41. The molecule has 0 aromatic carbocycles. The summed E-state index contributed by atoms with van der Waals surface area (Å²) in [5, 5.41) is 2.48. The minimum Gasteiger partial charge on any atom is -0.444 e. The van der Waals surface area contributed by atoms with Gasteiger partial charge in [0.1, 0.15) is 11.9 Å². The minimum absolute atomic E-state index is 0.364. The summed E-state index contributed by atoms with van der Waals surface area (Å²) >= 11 is 0. The Morgan fingerprint density at radius 3 is 2.82 bits per heavy atom. The number of aromatic nitrogens is 2. The van der Waals surface area contributed by atoms with E-state index < -0.39 is 17.7 Å². The fourth-order valence-electron chi connectivity index (χ4n) is 1.23. The second-order valence-corrected chi connectivity index (χ2v) is 4.67. The monoisotopic (exact) mass is 239 g/mol. The predicted molar refractivity (Wildman–Crippen MR) is 61.5 cm³/mol. The number of amides is 1. The van der Waals surface area contributed by atoms with Crippen LogP contribution < -0.4 is 5.32 Å². The molecule has 6 heteroatoms. The molecule has 17 heavy (non-hydrogen) atoms. The average Bonchev–Trinajstić information content (AvgIpc) is 2.66. The van der Waals surface area contributed by atoms with E-state index in [2.05, 4.69) is 15.3 Å². The molecule has 0 spiro atoms. The summed E-state index contributed by atoms with van der Waals surface area (Å²) in [5.41, 5.74) is 0.198. The van der Waals surface area contributed by atoms with E-state index in [0.717, 1.165) is 5.69 Å². The predicted octanol–water partition coefficient (Wildman–Crippen LogP) is 1.04. The number of nitrogens with zero attached hydrogens (tertiary/aromatic N) is 1. The van der Waals surface area contributed by atoms with Crippen LogP contribution in [-0.2, 0) is 16.0 Å². The van der Waals surface area contributed by atoms with Crippen molar-refractivity contribution in [3.05, 3.63) is 18.2 Å². The highest BCUT2D eigenvalue weighted by atomic mass is 16.6. The Bertz CT molecular complexity index is 368. The Morgan fingerprint density at radius 1 is 1.65 bits per heavy atom. The fourth-order valence-corrected chi connectivity index (χ4v) is 1.23. The quantitative estimate of drug-likeness (QED) is 0.769. The van der Waals surface area contributed by atoms with Crippen molar-refractivity contribution in [3.8, 4) is 0 Å². The highest BCUT2D eigenvalue weighted by molar-refractivity contribution is 5.73. The van der Waals surface area contributed by atoms with Crippen molar-refractivity contribution in [3.63, 3.8) is 0 Å². The Hall–Kier alpha value is -1.85. The smallest absolute Gasteiger partial charge is 0.408 e. The van der Waals surface area contributed by atoms with Crippen LogP contribution in [0.1, 0.15) is 26.5 Å². The van der Waals surface area contributed by atoms with Crippen molar-refractivity contribution >= 4 is 12.4 Å². The maximum Gasteiger partial charge on any atom is 0.408 e. The zero-order chi connectivity index (χ0) is 12.9. The van der Waals surface area contributed by atoms with Gasteiger partial charge in [0.15, 0.2) is 0 Å². The molecular formula is C11H17N3O3. The van der Waals surface area contributed by atoms with E-state index in [4.69, 9.17) is 4.74 Å². The first-order chi connectivity index (χ1) is 7.90. The van der Waals surface area contributed by atoms with Gasteiger partial charge in [-0.2, -0.15) is 0 Å². The van der Waals surface area contributed by atoms with Gasteiger partial charge in [-0.3, -0.25) is 0 Å². The van der Waals surface area contributed by atoms with Gasteiger partial charge < -0.3 is 19.8 Å². The van der Waals surface area contributed by atoms with Gasteiger partial charge in [-0.15, -0.1) is 0 Å². The van der Waals surface area contributed by atoms with Crippen LogP contribution in [0.2, 0.25) is 0 Å². The molecule has 0 fully saturated rings. The van der Waals surface area contributed by atoms with Crippen LogP contribution in [0.15, 0.2) is 12.5 Å². The number of nitrogens with one attached hydrogen (secondary N) is 2. The summed E-state index contributed by atoms with van der Waals surface area (Å²) in [7, 11) is 0. The number of imidazole rings is 1. The van der Waals surface area contributed by atoms with E-state index in [1.54, 1.807) is 27.0 Å². The highest BCUT2D eigenvalue weighted by Gasteiger charge is 2.19. The Kier molecular flexibility index (Phi) is 4.25. The number of ether oxygens (including phenoxy) is 1. The Balaban J connectivity index is 2.47. The van der Waals surface area contributed by atoms with Crippen molar-refractivity contribution < 1.29 is 14.3 Å². The first kappa shape index (κ1) is 13.2. The molecule has 0 saturated heterocycles. The van der Waals surface area contributed by atoms with Crippen LogP contribution in [0.5, 0.6) is 0 Å². The van der Waals surface area contributed by atoms with Gasteiger partial charge in [-0.05, 0) is 20.8 Å². The van der Waals surface area contributed by atoms with Gasteiger partial charge in [0.2, 0.25) is 0 Å². The summed E-state index contributed by atoms with van der Waals surface area (Å²) < 4.78 is 5.05. The van der Waals surface area contributed by atoms with Gasteiger partial charge in [0, 0.05) is 18.3 Å². The van der Waals surface area contributed by atoms with Crippen LogP contribution in [0, 0.1) is 0 Å². The number of aromatic amines is 1. The minimum atomic E-state index is -0.620. The maximum absolute atomic E-state index is 11.4. The van der Waals surface area contributed by atoms with Crippen LogP contribution >= 0.6 is 0 Å². The van der Waals surface area contributed by atoms with E-state index in [-0.39, 0.29) is 0 Å². The van der Waals surface area contributed by atoms with E-state index in [1.807, 2.05) is 0 Å². The highest BCUT2D eigenvalue weighted by Crippen LogP contribution is 2.07. The van der Waals surface area contributed by atoms with Crippen LogP contribution in [0.3, 0.4) is 0 Å². The normalized spacial score (nSPS) is 12.9. The van der Waals surface area contributed by atoms with Crippen molar-refractivity contribution in [2.45, 2.75) is 38.8 Å². The number of hydrogen-bond donors (Lipinski definition) is 2. The Labute approximate surface area is 99.8 Å². The van der Waals surface area contributed by atoms with E-state index in [9.17, 15) is 9.59 Å². The van der Waals surface area contributed by atoms with Gasteiger partial charge in [-0.1, -0.05) is 0 Å². The standard InChI is InChI=1S/C11H17N3O3/c1-11(2,3)17-10(16)14-9(6-15)4-8-5-12-7-13-8/h5-7,9H,4H2,1-3H3,(H,12,13)(H,14,16)/t9-/m0/s1. The second kappa shape index (κ2) is 5.47. The van der Waals surface area contributed by atoms with E-state index in [1.165, 1.54) is 6.33 Å². The van der Waals surface area contributed by atoms with E-state index >= 15 is 0 Å². The zero-order valence-electron chi connectivity index (χ0n) is 10.2. The van der Waals surface area contributed by atoms with Crippen molar-refractivity contribution in [2.75, 3.05) is 0 Å². The summed E-state index contributed by atoms with van der Waals surface area (Å²) in [6.07, 6.45) is 3.56. The zero-order valence-corrected chi connectivity index (χ0v) is 10.2. The van der Waals surface area contributed by atoms with E-state index in [0.29, 0.717) is 12.7 Å². The SMILES string of the molecule is CC(C)(C)OC(=O)N[C@H](C=O)Cc1cnc[nH]1. The molecule has 2 N–H and O–H groups in total. The summed E-state index contributed by atoms with van der Waals surface area (Å²) in [4.78, 5) is 29.0. The molecule has 1 rings (SSSR count). The van der Waals surface area contributed by atoms with Crippen LogP contribution in [0.25, 0.3) is 0 Å². The molecule has 0 bridgehead atoms. The lowest BCUT2D eigenvalue weighted by molar-refractivity contribution is -0.109. The molecule has 1 aromatic heterocycles. The molecule has 0 radical (unpaired) electrons. The molecule has 0 aliphatic rings. The summed E-state index contributed by atoms with van der Waals surface area (Å²) in [6.45, 7) is 5.28. The number of rotatable bonds is 4. The summed E-state index contributed by atoms with van der Waals surface area (Å²) in [5.74, 6) is 0. The van der Waals surface area contributed by atoms with Gasteiger partial charge in [0.25, 0.3) is 0 Å². The fraction of sp³-hybridized carbons (Fsp3) is 0.545. The number of hydrogen-bond acceptors (Lipinski definition) is 4. The number of carbonyl (C=O) groups is 2. The van der Waals surface area contributed by atoms with Crippen LogP contribution in [-0.4, -0.2) is 34.0 Å². The molecule has 0 aliphatic heterocycles. The first-order valence-corrected chi connectivity index (χ1v) is 5.33. The third-order valence-electron chi connectivity index (χ3n) is 1.86. The third-order valence-corrected chi connectivity index (χ3v) is 1.86. The maximum atomic E-state index is 11.4. The number of aldehydes is 1. The number of carbonyl (C=O) groups excluding carboxylic acids is 2. The molecular weight excluding hydrogens is 222 g/mol. The van der Waals surface area contributed by atoms with Crippen molar-refractivity contribution in [2.24, 2.45) is 0 Å². The summed E-state index contributed by atoms with van der Waals surface area (Å²) in [6, 6.07) is -0.620. The molecule has 0 aliphatic carbocycles. The van der Waals surface area contributed by atoms with Crippen LogP contribution in [0.4, 0.5) is 4.79 Å². The average molecular weight is 239 g/mol. The molecule has 0 unspecified atom stereocenters. The first-order valence-electron chi connectivity index (χ1n) is 5.33. The largest absolute Gasteiger partial charge is 0.444 e. The molecule has 6 nitrogen and oxygen atoms in total. The molecule has 1 heterocycles. The molecule has 1 amide bonds. The van der Waals surface area contributed by atoms with Crippen molar-refractivity contribution in [1.82, 2.24) is 15.3 Å². The topological polar surface area (TPSA) is 84.1 Å². The number of H-pyrrole nitrogens is 1. The van der Waals surface area contributed by atoms with Gasteiger partial charge >= 0.3 is 6.09 Å². The number of alkyl carbamates (subject to hydrolysis) is 1. The molecule has 1 aromatic rings. The molecule has 94 valence electrons. The Morgan fingerprint density at radius 2 is 2.35 bits per heavy atom. The molecule has 1 atom stereocenters. The lowest BCUT2D eigenvalue weighted by Gasteiger charge is -2.21. The van der Waals surface area contributed by atoms with Gasteiger partial charge in [0.05, 0.1) is 12.4 Å². The second-order valence-electron chi connectivity index (χ2n) is 4.67. The van der Waals surface area contributed by atoms with Gasteiger partial charge in [-0.25, -0.2) is 9.78 Å². The lowest BCUT2D eigenvalue weighted by atomic mass is 10.2. The third kappa shape index (κ3) is 5.14.